The van der Waals surface area contributed by atoms with Gasteiger partial charge in [0.05, 0.1) is 13.2 Å². The predicted octanol–water partition coefficient (Wildman–Crippen LogP) is 1.40. The second-order valence-electron chi connectivity index (χ2n) is 4.60. The Labute approximate surface area is 113 Å². The number of nitrogens with one attached hydrogen (secondary N) is 2. The Balaban J connectivity index is 2.60. The molecule has 0 aromatic heterocycles. The molecule has 0 aliphatic heterocycles. The molecule has 104 valence electrons. The summed E-state index contributed by atoms with van der Waals surface area (Å²) in [5, 5.41) is 5.19. The predicted molar refractivity (Wildman–Crippen MR) is 72.8 cm³/mol. The minimum atomic E-state index is -0.628. The SMILES string of the molecule is COc1ccc([C@@H](C)NC(=O)C(=O)NC(C)C)cc1. The summed E-state index contributed by atoms with van der Waals surface area (Å²) in [6.07, 6.45) is 0. The average molecular weight is 264 g/mol. The molecular weight excluding hydrogens is 244 g/mol. The number of benzene rings is 1. The molecule has 0 aliphatic carbocycles. The summed E-state index contributed by atoms with van der Waals surface area (Å²) in [6.45, 7) is 5.43. The van der Waals surface area contributed by atoms with Gasteiger partial charge in [-0.25, -0.2) is 0 Å². The lowest BCUT2D eigenvalue weighted by molar-refractivity contribution is -0.139. The van der Waals surface area contributed by atoms with Crippen molar-refractivity contribution in [2.24, 2.45) is 0 Å². The van der Waals surface area contributed by atoms with E-state index in [4.69, 9.17) is 4.74 Å². The Morgan fingerprint density at radius 3 is 2.00 bits per heavy atom. The highest BCUT2D eigenvalue weighted by Crippen LogP contribution is 2.16. The molecule has 5 nitrogen and oxygen atoms in total. The molecule has 1 atom stereocenters. The number of amides is 2. The Hall–Kier alpha value is -2.04. The first-order valence-corrected chi connectivity index (χ1v) is 6.19. The van der Waals surface area contributed by atoms with Gasteiger partial charge in [0.25, 0.3) is 0 Å². The van der Waals surface area contributed by atoms with Crippen molar-refractivity contribution in [3.63, 3.8) is 0 Å². The highest BCUT2D eigenvalue weighted by molar-refractivity contribution is 6.35. The van der Waals surface area contributed by atoms with Crippen molar-refractivity contribution >= 4 is 11.8 Å². The summed E-state index contributed by atoms with van der Waals surface area (Å²) < 4.78 is 5.06. The Bertz CT molecular complexity index is 441. The van der Waals surface area contributed by atoms with Gasteiger partial charge in [-0.2, -0.15) is 0 Å². The molecule has 0 aliphatic rings. The van der Waals surface area contributed by atoms with Gasteiger partial charge in [0, 0.05) is 6.04 Å². The van der Waals surface area contributed by atoms with E-state index in [1.807, 2.05) is 31.2 Å². The highest BCUT2D eigenvalue weighted by atomic mass is 16.5. The first-order chi connectivity index (χ1) is 8.93. The summed E-state index contributed by atoms with van der Waals surface area (Å²) in [5.41, 5.74) is 0.909. The largest absolute Gasteiger partial charge is 0.497 e. The molecule has 1 rings (SSSR count). The van der Waals surface area contributed by atoms with E-state index in [2.05, 4.69) is 10.6 Å². The topological polar surface area (TPSA) is 67.4 Å². The molecule has 2 N–H and O–H groups in total. The zero-order valence-corrected chi connectivity index (χ0v) is 11.7. The fourth-order valence-electron chi connectivity index (χ4n) is 1.57. The molecule has 0 spiro atoms. The maximum absolute atomic E-state index is 11.6. The van der Waals surface area contributed by atoms with Crippen LogP contribution in [0, 0.1) is 0 Å². The standard InChI is InChI=1S/C14H20N2O3/c1-9(2)15-13(17)14(18)16-10(3)11-5-7-12(19-4)8-6-11/h5-10H,1-4H3,(H,15,17)(H,16,18)/t10-/m1/s1. The minimum absolute atomic E-state index is 0.0606. The Kier molecular flexibility index (Phi) is 5.36. The third-order valence-corrected chi connectivity index (χ3v) is 2.59. The van der Waals surface area contributed by atoms with Crippen LogP contribution in [0.3, 0.4) is 0 Å². The number of hydrogen-bond acceptors (Lipinski definition) is 3. The van der Waals surface area contributed by atoms with Gasteiger partial charge < -0.3 is 15.4 Å². The van der Waals surface area contributed by atoms with Crippen molar-refractivity contribution in [2.75, 3.05) is 7.11 Å². The van der Waals surface area contributed by atoms with Crippen LogP contribution in [0.2, 0.25) is 0 Å². The van der Waals surface area contributed by atoms with Crippen molar-refractivity contribution in [1.29, 1.82) is 0 Å². The summed E-state index contributed by atoms with van der Waals surface area (Å²) in [7, 11) is 1.59. The van der Waals surface area contributed by atoms with Gasteiger partial charge in [-0.15, -0.1) is 0 Å². The van der Waals surface area contributed by atoms with E-state index in [1.165, 1.54) is 0 Å². The van der Waals surface area contributed by atoms with Crippen molar-refractivity contribution in [3.8, 4) is 5.75 Å². The van der Waals surface area contributed by atoms with E-state index in [0.717, 1.165) is 11.3 Å². The van der Waals surface area contributed by atoms with Gasteiger partial charge in [-0.1, -0.05) is 12.1 Å². The second kappa shape index (κ2) is 6.78. The number of carbonyl (C=O) groups is 2. The molecule has 0 heterocycles. The van der Waals surface area contributed by atoms with Crippen molar-refractivity contribution in [2.45, 2.75) is 32.9 Å². The van der Waals surface area contributed by atoms with Gasteiger partial charge >= 0.3 is 11.8 Å². The molecule has 0 bridgehead atoms. The van der Waals surface area contributed by atoms with Crippen LogP contribution in [0.25, 0.3) is 0 Å². The summed E-state index contributed by atoms with van der Waals surface area (Å²) in [5.74, 6) is -0.493. The molecule has 0 unspecified atom stereocenters. The monoisotopic (exact) mass is 264 g/mol. The van der Waals surface area contributed by atoms with Gasteiger partial charge in [0.2, 0.25) is 0 Å². The maximum Gasteiger partial charge on any atom is 0.309 e. The van der Waals surface area contributed by atoms with E-state index in [0.29, 0.717) is 0 Å². The molecule has 1 aromatic rings. The van der Waals surface area contributed by atoms with Crippen LogP contribution in [-0.2, 0) is 9.59 Å². The highest BCUT2D eigenvalue weighted by Gasteiger charge is 2.17. The third-order valence-electron chi connectivity index (χ3n) is 2.59. The molecule has 2 amide bonds. The van der Waals surface area contributed by atoms with Crippen molar-refractivity contribution in [1.82, 2.24) is 10.6 Å². The van der Waals surface area contributed by atoms with E-state index < -0.39 is 11.8 Å². The normalized spacial score (nSPS) is 11.8. The lowest BCUT2D eigenvalue weighted by atomic mass is 10.1. The van der Waals surface area contributed by atoms with Crippen LogP contribution in [0.5, 0.6) is 5.75 Å². The van der Waals surface area contributed by atoms with E-state index >= 15 is 0 Å². The van der Waals surface area contributed by atoms with Crippen LogP contribution in [0.1, 0.15) is 32.4 Å². The molecular formula is C14H20N2O3. The molecule has 0 saturated heterocycles. The van der Waals surface area contributed by atoms with Gasteiger partial charge in [-0.05, 0) is 38.5 Å². The second-order valence-corrected chi connectivity index (χ2v) is 4.60. The molecule has 5 heteroatoms. The van der Waals surface area contributed by atoms with Crippen LogP contribution >= 0.6 is 0 Å². The average Bonchev–Trinajstić information content (AvgIpc) is 2.37. The summed E-state index contributed by atoms with van der Waals surface area (Å²) in [6, 6.07) is 7.03. The number of hydrogen-bond donors (Lipinski definition) is 2. The van der Waals surface area contributed by atoms with Crippen molar-refractivity contribution in [3.05, 3.63) is 29.8 Å². The molecule has 19 heavy (non-hydrogen) atoms. The van der Waals surface area contributed by atoms with E-state index in [-0.39, 0.29) is 12.1 Å². The minimum Gasteiger partial charge on any atom is -0.497 e. The zero-order chi connectivity index (χ0) is 14.4. The van der Waals surface area contributed by atoms with Crippen LogP contribution < -0.4 is 15.4 Å². The third kappa shape index (κ3) is 4.62. The molecule has 0 radical (unpaired) electrons. The maximum atomic E-state index is 11.6. The number of rotatable bonds is 4. The number of ether oxygens (including phenoxy) is 1. The summed E-state index contributed by atoms with van der Waals surface area (Å²) >= 11 is 0. The fraction of sp³-hybridized carbons (Fsp3) is 0.429. The smallest absolute Gasteiger partial charge is 0.309 e. The molecule has 1 aromatic carbocycles. The quantitative estimate of drug-likeness (QED) is 0.808. The van der Waals surface area contributed by atoms with Gasteiger partial charge in [0.1, 0.15) is 5.75 Å². The molecule has 0 fully saturated rings. The van der Waals surface area contributed by atoms with Crippen LogP contribution in [0.15, 0.2) is 24.3 Å². The van der Waals surface area contributed by atoms with E-state index in [1.54, 1.807) is 21.0 Å². The van der Waals surface area contributed by atoms with Crippen LogP contribution in [0.4, 0.5) is 0 Å². The van der Waals surface area contributed by atoms with Crippen molar-refractivity contribution < 1.29 is 14.3 Å². The lowest BCUT2D eigenvalue weighted by Gasteiger charge is -2.15. The van der Waals surface area contributed by atoms with Crippen LogP contribution in [-0.4, -0.2) is 25.0 Å². The Morgan fingerprint density at radius 1 is 1.00 bits per heavy atom. The summed E-state index contributed by atoms with van der Waals surface area (Å²) in [4.78, 5) is 23.1. The molecule has 0 saturated carbocycles. The first kappa shape index (κ1) is 15.0. The fourth-order valence-corrected chi connectivity index (χ4v) is 1.57. The lowest BCUT2D eigenvalue weighted by Crippen LogP contribution is -2.43. The van der Waals surface area contributed by atoms with Gasteiger partial charge in [-0.3, -0.25) is 9.59 Å². The van der Waals surface area contributed by atoms with E-state index in [9.17, 15) is 9.59 Å². The Morgan fingerprint density at radius 2 is 1.53 bits per heavy atom. The first-order valence-electron chi connectivity index (χ1n) is 6.19. The van der Waals surface area contributed by atoms with Gasteiger partial charge in [0.15, 0.2) is 0 Å². The number of methoxy groups -OCH3 is 1. The number of carbonyl (C=O) groups excluding carboxylic acids is 2. The zero-order valence-electron chi connectivity index (χ0n) is 11.7.